The number of alkyl halides is 6. The number of aromatic nitrogens is 3. The lowest BCUT2D eigenvalue weighted by Crippen LogP contribution is -2.72. The minimum Gasteiger partial charge on any atom is -0.475 e. The third kappa shape index (κ3) is 11.1. The van der Waals surface area contributed by atoms with Crippen molar-refractivity contribution in [1.82, 2.24) is 24.6 Å². The number of likely N-dealkylation sites (N-methyl/N-ethyl adjacent to an activating group) is 1. The van der Waals surface area contributed by atoms with Crippen LogP contribution in [0.5, 0.6) is 0 Å². The molecule has 2 aliphatic rings. The molecule has 4 heterocycles. The molecule has 0 radical (unpaired) electrons. The molecule has 2 aromatic heterocycles. The number of amides is 1. The molecule has 2 aromatic rings. The quantitative estimate of drug-likeness (QED) is 0.413. The number of ether oxygens (including phenoxy) is 2. The van der Waals surface area contributed by atoms with Gasteiger partial charge in [-0.05, 0) is 56.1 Å². The number of piperidine rings is 1. The van der Waals surface area contributed by atoms with Crippen molar-refractivity contribution in [2.75, 3.05) is 47.0 Å². The SMILES string of the molecule is COCCn1ccc(C(=O)N2CC3(CC(COCc4ccncc4)CCN3C)C2)n1.O=C(O)C(F)(F)F.O=C(O)C(F)(F)F. The molecule has 18 heteroatoms. The summed E-state index contributed by atoms with van der Waals surface area (Å²) >= 11 is 0. The summed E-state index contributed by atoms with van der Waals surface area (Å²) in [4.78, 5) is 39.0. The maximum atomic E-state index is 12.8. The Labute approximate surface area is 248 Å². The molecule has 2 N–H and O–H groups in total. The van der Waals surface area contributed by atoms with E-state index in [0.717, 1.165) is 44.6 Å². The molecule has 0 aliphatic carbocycles. The highest BCUT2D eigenvalue weighted by molar-refractivity contribution is 5.93. The number of carbonyl (C=O) groups is 3. The molecule has 0 saturated carbocycles. The van der Waals surface area contributed by atoms with Crippen molar-refractivity contribution in [2.45, 2.75) is 43.9 Å². The first-order valence-corrected chi connectivity index (χ1v) is 13.1. The highest BCUT2D eigenvalue weighted by Gasteiger charge is 2.51. The van der Waals surface area contributed by atoms with Crippen LogP contribution in [0.3, 0.4) is 0 Å². The third-order valence-corrected chi connectivity index (χ3v) is 6.85. The molecular formula is C26H33F6N5O7. The van der Waals surface area contributed by atoms with Crippen LogP contribution in [-0.2, 0) is 32.2 Å². The number of nitrogens with zero attached hydrogens (tertiary/aromatic N) is 5. The molecule has 2 saturated heterocycles. The summed E-state index contributed by atoms with van der Waals surface area (Å²) in [7, 11) is 3.84. The van der Waals surface area contributed by atoms with Crippen LogP contribution in [0.1, 0.15) is 28.9 Å². The first-order valence-electron chi connectivity index (χ1n) is 13.1. The Balaban J connectivity index is 0.000000402. The number of rotatable bonds is 8. The molecule has 44 heavy (non-hydrogen) atoms. The lowest BCUT2D eigenvalue weighted by molar-refractivity contribution is -0.193. The molecule has 12 nitrogen and oxygen atoms in total. The number of hydrogen-bond acceptors (Lipinski definition) is 8. The van der Waals surface area contributed by atoms with Crippen LogP contribution in [0.2, 0.25) is 0 Å². The number of carbonyl (C=O) groups excluding carboxylic acids is 1. The smallest absolute Gasteiger partial charge is 0.475 e. The molecule has 2 aliphatic heterocycles. The van der Waals surface area contributed by atoms with Crippen molar-refractivity contribution in [2.24, 2.45) is 5.92 Å². The molecule has 2 fully saturated rings. The molecule has 1 amide bonds. The van der Waals surface area contributed by atoms with Crippen LogP contribution < -0.4 is 0 Å². The Hall–Kier alpha value is -3.77. The van der Waals surface area contributed by atoms with E-state index in [-0.39, 0.29) is 11.4 Å². The van der Waals surface area contributed by atoms with Crippen molar-refractivity contribution >= 4 is 17.8 Å². The Morgan fingerprint density at radius 2 is 1.59 bits per heavy atom. The van der Waals surface area contributed by atoms with Crippen molar-refractivity contribution < 1.29 is 60.4 Å². The Kier molecular flexibility index (Phi) is 13.1. The number of pyridine rings is 1. The standard InChI is InChI=1S/C22H31N5O3.2C2HF3O2/c1-25-9-5-19(15-30-14-18-3-7-23-8-4-18)13-22(25)16-26(17-22)21(28)20-6-10-27(24-20)11-12-29-2;2*3-2(4,5)1(6)7/h3-4,6-8,10,19H,5,9,11-17H2,1-2H3;2*(H,6,7). The van der Waals surface area contributed by atoms with Crippen molar-refractivity contribution in [3.05, 3.63) is 48.0 Å². The number of aliphatic carboxylic acids is 2. The normalized spacial score (nSPS) is 17.9. The fraction of sp³-hybridized carbons (Fsp3) is 0.577. The summed E-state index contributed by atoms with van der Waals surface area (Å²) in [6, 6.07) is 5.77. The summed E-state index contributed by atoms with van der Waals surface area (Å²) in [6.07, 6.45) is -2.54. The highest BCUT2D eigenvalue weighted by Crippen LogP contribution is 2.39. The number of hydrogen-bond donors (Lipinski definition) is 2. The second kappa shape index (κ2) is 15.8. The molecule has 1 spiro atoms. The third-order valence-electron chi connectivity index (χ3n) is 6.85. The summed E-state index contributed by atoms with van der Waals surface area (Å²) in [6.45, 7) is 5.17. The van der Waals surface area contributed by atoms with Crippen LogP contribution in [0.25, 0.3) is 0 Å². The van der Waals surface area contributed by atoms with Crippen LogP contribution in [0.15, 0.2) is 36.8 Å². The van der Waals surface area contributed by atoms with E-state index in [1.54, 1.807) is 30.3 Å². The van der Waals surface area contributed by atoms with Crippen LogP contribution in [0, 0.1) is 5.92 Å². The van der Waals surface area contributed by atoms with Gasteiger partial charge in [0.25, 0.3) is 5.91 Å². The summed E-state index contributed by atoms with van der Waals surface area (Å²) in [5.74, 6) is -4.98. The molecule has 0 aromatic carbocycles. The summed E-state index contributed by atoms with van der Waals surface area (Å²) in [5.41, 5.74) is 1.73. The minimum atomic E-state index is -5.08. The van der Waals surface area contributed by atoms with Crippen LogP contribution in [-0.4, -0.2) is 118 Å². The van der Waals surface area contributed by atoms with E-state index in [4.69, 9.17) is 29.3 Å². The van der Waals surface area contributed by atoms with E-state index in [0.29, 0.717) is 31.4 Å². The molecule has 4 rings (SSSR count). The second-order valence-corrected chi connectivity index (χ2v) is 10.1. The van der Waals surface area contributed by atoms with E-state index < -0.39 is 24.3 Å². The lowest BCUT2D eigenvalue weighted by Gasteiger charge is -2.58. The zero-order valence-corrected chi connectivity index (χ0v) is 23.8. The summed E-state index contributed by atoms with van der Waals surface area (Å²) < 4.78 is 76.3. The van der Waals surface area contributed by atoms with Gasteiger partial charge in [-0.3, -0.25) is 19.4 Å². The lowest BCUT2D eigenvalue weighted by atomic mass is 9.75. The fourth-order valence-corrected chi connectivity index (χ4v) is 4.50. The molecule has 1 atom stereocenters. The average Bonchev–Trinajstić information content (AvgIpc) is 3.40. The first kappa shape index (κ1) is 36.4. The van der Waals surface area contributed by atoms with Gasteiger partial charge in [0, 0.05) is 45.4 Å². The van der Waals surface area contributed by atoms with Gasteiger partial charge in [-0.15, -0.1) is 0 Å². The number of likely N-dealkylation sites (tertiary alicyclic amines) is 2. The van der Waals surface area contributed by atoms with Crippen LogP contribution >= 0.6 is 0 Å². The van der Waals surface area contributed by atoms with Gasteiger partial charge in [0.1, 0.15) is 5.69 Å². The minimum absolute atomic E-state index is 0.0150. The van der Waals surface area contributed by atoms with Gasteiger partial charge < -0.3 is 24.6 Å². The average molecular weight is 642 g/mol. The second-order valence-electron chi connectivity index (χ2n) is 10.1. The predicted octanol–water partition coefficient (Wildman–Crippen LogP) is 2.94. The fourth-order valence-electron chi connectivity index (χ4n) is 4.50. The topological polar surface area (TPSA) is 147 Å². The number of carboxylic acids is 2. The monoisotopic (exact) mass is 641 g/mol. The van der Waals surface area contributed by atoms with E-state index in [1.165, 1.54) is 0 Å². The van der Waals surface area contributed by atoms with Gasteiger partial charge in [0.15, 0.2) is 0 Å². The zero-order valence-electron chi connectivity index (χ0n) is 23.8. The zero-order chi connectivity index (χ0) is 33.1. The van der Waals surface area contributed by atoms with Gasteiger partial charge in [-0.25, -0.2) is 9.59 Å². The largest absolute Gasteiger partial charge is 0.490 e. The van der Waals surface area contributed by atoms with E-state index in [2.05, 4.69) is 22.0 Å². The van der Waals surface area contributed by atoms with Gasteiger partial charge in [0.05, 0.1) is 25.3 Å². The van der Waals surface area contributed by atoms with Gasteiger partial charge in [-0.2, -0.15) is 31.4 Å². The number of halogens is 6. The Morgan fingerprint density at radius 1 is 1.02 bits per heavy atom. The number of carboxylic acid groups (broad SMARTS) is 2. The maximum Gasteiger partial charge on any atom is 0.490 e. The van der Waals surface area contributed by atoms with Crippen molar-refractivity contribution in [1.29, 1.82) is 0 Å². The van der Waals surface area contributed by atoms with E-state index in [9.17, 15) is 31.1 Å². The van der Waals surface area contributed by atoms with Gasteiger partial charge in [-0.1, -0.05) is 0 Å². The maximum absolute atomic E-state index is 12.8. The number of methoxy groups -OCH3 is 1. The molecule has 0 bridgehead atoms. The van der Waals surface area contributed by atoms with Crippen molar-refractivity contribution in [3.63, 3.8) is 0 Å². The van der Waals surface area contributed by atoms with Crippen LogP contribution in [0.4, 0.5) is 26.3 Å². The molecule has 1 unspecified atom stereocenters. The Morgan fingerprint density at radius 3 is 2.11 bits per heavy atom. The van der Waals surface area contributed by atoms with Gasteiger partial charge in [0.2, 0.25) is 0 Å². The van der Waals surface area contributed by atoms with E-state index >= 15 is 0 Å². The first-order chi connectivity index (χ1) is 20.5. The van der Waals surface area contributed by atoms with Crippen molar-refractivity contribution in [3.8, 4) is 0 Å². The summed E-state index contributed by atoms with van der Waals surface area (Å²) in [5, 5.41) is 18.6. The van der Waals surface area contributed by atoms with E-state index in [1.807, 2.05) is 23.2 Å². The molecular weight excluding hydrogens is 608 g/mol. The van der Waals surface area contributed by atoms with Gasteiger partial charge >= 0.3 is 24.3 Å². The highest BCUT2D eigenvalue weighted by atomic mass is 19.4. The predicted molar refractivity (Wildman–Crippen MR) is 139 cm³/mol. The molecule has 246 valence electrons. The Bertz CT molecular complexity index is 1200.